The van der Waals surface area contributed by atoms with Crippen molar-refractivity contribution in [2.75, 3.05) is 7.11 Å². The zero-order valence-corrected chi connectivity index (χ0v) is 12.5. The molecule has 108 valence electrons. The minimum atomic E-state index is -1.74. The quantitative estimate of drug-likeness (QED) is 0.923. The van der Waals surface area contributed by atoms with E-state index in [2.05, 4.69) is 0 Å². The van der Waals surface area contributed by atoms with Crippen molar-refractivity contribution in [1.82, 2.24) is 5.06 Å². The van der Waals surface area contributed by atoms with Gasteiger partial charge in [-0.3, -0.25) is 9.63 Å². The van der Waals surface area contributed by atoms with Crippen molar-refractivity contribution in [2.45, 2.75) is 5.72 Å². The number of aliphatic hydroxyl groups is 1. The van der Waals surface area contributed by atoms with Gasteiger partial charge in [0.15, 0.2) is 0 Å². The summed E-state index contributed by atoms with van der Waals surface area (Å²) in [5.41, 5.74) is -0.665. The molecule has 1 atom stereocenters. The number of halogens is 2. The SMILES string of the molecule is CON1C(=O)c2c(Cl)cccc2C1(O)c1ccc(Cl)cc1. The highest BCUT2D eigenvalue weighted by atomic mass is 35.5. The van der Waals surface area contributed by atoms with Gasteiger partial charge < -0.3 is 5.11 Å². The molecule has 0 spiro atoms. The van der Waals surface area contributed by atoms with Gasteiger partial charge in [0, 0.05) is 16.1 Å². The topological polar surface area (TPSA) is 49.8 Å². The molecule has 1 amide bonds. The summed E-state index contributed by atoms with van der Waals surface area (Å²) in [5.74, 6) is -0.490. The highest BCUT2D eigenvalue weighted by Crippen LogP contribution is 2.44. The van der Waals surface area contributed by atoms with Gasteiger partial charge in [0.25, 0.3) is 5.91 Å². The summed E-state index contributed by atoms with van der Waals surface area (Å²) in [6.45, 7) is 0. The van der Waals surface area contributed by atoms with Gasteiger partial charge in [-0.1, -0.05) is 47.5 Å². The molecule has 3 rings (SSSR count). The molecule has 1 heterocycles. The minimum absolute atomic E-state index is 0.235. The summed E-state index contributed by atoms with van der Waals surface area (Å²) < 4.78 is 0. The van der Waals surface area contributed by atoms with Crippen LogP contribution >= 0.6 is 23.2 Å². The van der Waals surface area contributed by atoms with Crippen LogP contribution in [0.3, 0.4) is 0 Å². The molecule has 4 nitrogen and oxygen atoms in total. The van der Waals surface area contributed by atoms with Crippen LogP contribution in [0.5, 0.6) is 0 Å². The second kappa shape index (κ2) is 5.00. The van der Waals surface area contributed by atoms with Crippen LogP contribution in [0, 0.1) is 0 Å². The largest absolute Gasteiger partial charge is 0.361 e. The summed E-state index contributed by atoms with van der Waals surface area (Å²) >= 11 is 12.0. The Hall–Kier alpha value is -1.59. The van der Waals surface area contributed by atoms with Crippen molar-refractivity contribution in [3.8, 4) is 0 Å². The van der Waals surface area contributed by atoms with Crippen LogP contribution < -0.4 is 0 Å². The van der Waals surface area contributed by atoms with E-state index in [1.54, 1.807) is 42.5 Å². The van der Waals surface area contributed by atoms with Crippen molar-refractivity contribution in [1.29, 1.82) is 0 Å². The molecule has 0 aromatic heterocycles. The van der Waals surface area contributed by atoms with E-state index in [-0.39, 0.29) is 10.6 Å². The predicted octanol–water partition coefficient (Wildman–Crippen LogP) is 3.20. The highest BCUT2D eigenvalue weighted by Gasteiger charge is 2.51. The predicted molar refractivity (Wildman–Crippen MR) is 79.1 cm³/mol. The van der Waals surface area contributed by atoms with E-state index in [4.69, 9.17) is 28.0 Å². The number of benzene rings is 2. The van der Waals surface area contributed by atoms with E-state index in [1.807, 2.05) is 0 Å². The van der Waals surface area contributed by atoms with Gasteiger partial charge in [0.05, 0.1) is 17.7 Å². The summed E-state index contributed by atoms with van der Waals surface area (Å²) in [7, 11) is 1.32. The fourth-order valence-corrected chi connectivity index (χ4v) is 2.94. The molecule has 0 bridgehead atoms. The molecule has 2 aromatic rings. The molecule has 1 aliphatic rings. The lowest BCUT2D eigenvalue weighted by molar-refractivity contribution is -0.223. The minimum Gasteiger partial charge on any atom is -0.361 e. The molecular weight excluding hydrogens is 313 g/mol. The Morgan fingerprint density at radius 1 is 1.14 bits per heavy atom. The Kier molecular flexibility index (Phi) is 3.42. The number of hydrogen-bond acceptors (Lipinski definition) is 3. The summed E-state index contributed by atoms with van der Waals surface area (Å²) in [5, 5.41) is 12.8. The van der Waals surface area contributed by atoms with Crippen LogP contribution in [0.15, 0.2) is 42.5 Å². The Labute approximate surface area is 131 Å². The number of nitrogens with zero attached hydrogens (tertiary/aromatic N) is 1. The maximum Gasteiger partial charge on any atom is 0.282 e. The highest BCUT2D eigenvalue weighted by molar-refractivity contribution is 6.34. The van der Waals surface area contributed by atoms with E-state index < -0.39 is 11.6 Å². The first-order valence-electron chi connectivity index (χ1n) is 6.16. The first-order chi connectivity index (χ1) is 10.00. The second-order valence-corrected chi connectivity index (χ2v) is 5.47. The summed E-state index contributed by atoms with van der Waals surface area (Å²) in [6, 6.07) is 11.5. The lowest BCUT2D eigenvalue weighted by Gasteiger charge is -2.32. The zero-order valence-electron chi connectivity index (χ0n) is 11.0. The number of carbonyl (C=O) groups excluding carboxylic acids is 1. The molecule has 1 aliphatic heterocycles. The first kappa shape index (κ1) is 14.4. The number of hydrogen-bond donors (Lipinski definition) is 1. The van der Waals surface area contributed by atoms with Crippen LogP contribution in [0.2, 0.25) is 10.0 Å². The Morgan fingerprint density at radius 3 is 2.43 bits per heavy atom. The number of amides is 1. The van der Waals surface area contributed by atoms with Crippen LogP contribution in [0.1, 0.15) is 21.5 Å². The smallest absolute Gasteiger partial charge is 0.282 e. The van der Waals surface area contributed by atoms with Crippen LogP contribution in [0.4, 0.5) is 0 Å². The molecule has 0 radical (unpaired) electrons. The molecule has 0 fully saturated rings. The third-order valence-corrected chi connectivity index (χ3v) is 4.08. The molecule has 2 aromatic carbocycles. The van der Waals surface area contributed by atoms with Crippen LogP contribution in [-0.4, -0.2) is 23.2 Å². The zero-order chi connectivity index (χ0) is 15.2. The number of hydroxylamine groups is 2. The van der Waals surface area contributed by atoms with Gasteiger partial charge in [0.2, 0.25) is 5.72 Å². The Balaban J connectivity index is 2.28. The molecule has 1 N–H and O–H groups in total. The second-order valence-electron chi connectivity index (χ2n) is 4.62. The van der Waals surface area contributed by atoms with Crippen LogP contribution in [-0.2, 0) is 10.6 Å². The van der Waals surface area contributed by atoms with Gasteiger partial charge in [-0.05, 0) is 18.2 Å². The lowest BCUT2D eigenvalue weighted by atomic mass is 9.94. The normalized spacial score (nSPS) is 20.8. The average molecular weight is 324 g/mol. The average Bonchev–Trinajstić information content (AvgIpc) is 2.70. The number of fused-ring (bicyclic) bond motifs is 1. The maximum absolute atomic E-state index is 12.4. The molecule has 0 saturated heterocycles. The standard InChI is InChI=1S/C15H11Cl2NO3/c1-21-18-14(19)13-11(3-2-4-12(13)17)15(18,20)9-5-7-10(16)8-6-9/h2-8,20H,1H3. The van der Waals surface area contributed by atoms with Gasteiger partial charge in [0.1, 0.15) is 0 Å². The number of carbonyl (C=O) groups is 1. The molecule has 0 aliphatic carbocycles. The summed E-state index contributed by atoms with van der Waals surface area (Å²) in [4.78, 5) is 17.5. The monoisotopic (exact) mass is 323 g/mol. The number of rotatable bonds is 2. The molecule has 6 heteroatoms. The first-order valence-corrected chi connectivity index (χ1v) is 6.92. The van der Waals surface area contributed by atoms with Crippen molar-refractivity contribution in [2.24, 2.45) is 0 Å². The third-order valence-electron chi connectivity index (χ3n) is 3.51. The van der Waals surface area contributed by atoms with E-state index in [0.29, 0.717) is 16.1 Å². The van der Waals surface area contributed by atoms with Gasteiger partial charge in [-0.15, -0.1) is 0 Å². The van der Waals surface area contributed by atoms with Crippen molar-refractivity contribution in [3.63, 3.8) is 0 Å². The third kappa shape index (κ3) is 1.95. The molecule has 21 heavy (non-hydrogen) atoms. The molecule has 0 saturated carbocycles. The van der Waals surface area contributed by atoms with E-state index in [9.17, 15) is 9.90 Å². The van der Waals surface area contributed by atoms with Crippen LogP contribution in [0.25, 0.3) is 0 Å². The van der Waals surface area contributed by atoms with Gasteiger partial charge >= 0.3 is 0 Å². The Bertz CT molecular complexity index is 717. The van der Waals surface area contributed by atoms with Gasteiger partial charge in [-0.2, -0.15) is 5.06 Å². The van der Waals surface area contributed by atoms with Crippen molar-refractivity contribution in [3.05, 3.63) is 69.2 Å². The fraction of sp³-hybridized carbons (Fsp3) is 0.133. The Morgan fingerprint density at radius 2 is 1.81 bits per heavy atom. The fourth-order valence-electron chi connectivity index (χ4n) is 2.56. The van der Waals surface area contributed by atoms with E-state index >= 15 is 0 Å². The van der Waals surface area contributed by atoms with Crippen molar-refractivity contribution >= 4 is 29.1 Å². The van der Waals surface area contributed by atoms with E-state index in [0.717, 1.165) is 5.06 Å². The maximum atomic E-state index is 12.4. The molecule has 1 unspecified atom stereocenters. The lowest BCUT2D eigenvalue weighted by Crippen LogP contribution is -2.43. The molecular formula is C15H11Cl2NO3. The summed E-state index contributed by atoms with van der Waals surface area (Å²) in [6.07, 6.45) is 0. The van der Waals surface area contributed by atoms with Gasteiger partial charge in [-0.25, -0.2) is 0 Å². The van der Waals surface area contributed by atoms with E-state index in [1.165, 1.54) is 7.11 Å². The van der Waals surface area contributed by atoms with Crippen molar-refractivity contribution < 1.29 is 14.7 Å².